The van der Waals surface area contributed by atoms with Crippen LogP contribution in [-0.2, 0) is 6.54 Å². The first-order chi connectivity index (χ1) is 11.1. The smallest absolute Gasteiger partial charge is 0.253 e. The van der Waals surface area contributed by atoms with E-state index in [1.165, 1.54) is 5.56 Å². The fourth-order valence-electron chi connectivity index (χ4n) is 3.81. The van der Waals surface area contributed by atoms with Crippen LogP contribution in [0, 0.1) is 5.41 Å². The van der Waals surface area contributed by atoms with Gasteiger partial charge in [0.1, 0.15) is 0 Å². The summed E-state index contributed by atoms with van der Waals surface area (Å²) in [6.45, 7) is 7.14. The van der Waals surface area contributed by atoms with Gasteiger partial charge < -0.3 is 10.0 Å². The summed E-state index contributed by atoms with van der Waals surface area (Å²) in [6, 6.07) is 8.08. The van der Waals surface area contributed by atoms with Crippen molar-refractivity contribution >= 4 is 5.91 Å². The van der Waals surface area contributed by atoms with Gasteiger partial charge in [-0.1, -0.05) is 19.1 Å². The van der Waals surface area contributed by atoms with Crippen molar-refractivity contribution in [2.45, 2.75) is 39.2 Å². The SMILES string of the molecule is CC1(CO)CCCN(Cc2ccc(C(=O)N3CCCC3)cc2)C1. The number of hydrogen-bond acceptors (Lipinski definition) is 3. The van der Waals surface area contributed by atoms with E-state index in [9.17, 15) is 9.90 Å². The van der Waals surface area contributed by atoms with Gasteiger partial charge in [-0.2, -0.15) is 0 Å². The van der Waals surface area contributed by atoms with Gasteiger partial charge in [-0.15, -0.1) is 0 Å². The van der Waals surface area contributed by atoms with Gasteiger partial charge in [-0.3, -0.25) is 9.69 Å². The first-order valence-electron chi connectivity index (χ1n) is 8.81. The lowest BCUT2D eigenvalue weighted by molar-refractivity contribution is 0.0429. The van der Waals surface area contributed by atoms with E-state index in [0.717, 1.165) is 64.0 Å². The molecule has 0 bridgehead atoms. The largest absolute Gasteiger partial charge is 0.396 e. The predicted molar refractivity (Wildman–Crippen MR) is 91.3 cm³/mol. The molecule has 4 nitrogen and oxygen atoms in total. The topological polar surface area (TPSA) is 43.8 Å². The molecular formula is C19H28N2O2. The minimum Gasteiger partial charge on any atom is -0.396 e. The minimum atomic E-state index is 0.0317. The van der Waals surface area contributed by atoms with E-state index in [-0.39, 0.29) is 17.9 Å². The highest BCUT2D eigenvalue weighted by Gasteiger charge is 2.30. The van der Waals surface area contributed by atoms with Crippen LogP contribution in [0.15, 0.2) is 24.3 Å². The van der Waals surface area contributed by atoms with Crippen LogP contribution < -0.4 is 0 Å². The van der Waals surface area contributed by atoms with Crippen molar-refractivity contribution in [2.75, 3.05) is 32.8 Å². The number of carbonyl (C=O) groups is 1. The highest BCUT2D eigenvalue weighted by atomic mass is 16.3. The molecule has 1 aromatic rings. The maximum Gasteiger partial charge on any atom is 0.253 e. The zero-order valence-corrected chi connectivity index (χ0v) is 14.1. The molecule has 2 fully saturated rings. The molecule has 3 rings (SSSR count). The Hall–Kier alpha value is -1.39. The third-order valence-electron chi connectivity index (χ3n) is 5.24. The number of benzene rings is 1. The van der Waals surface area contributed by atoms with Crippen LogP contribution in [0.2, 0.25) is 0 Å². The maximum absolute atomic E-state index is 12.4. The Balaban J connectivity index is 1.60. The number of aliphatic hydroxyl groups is 1. The summed E-state index contributed by atoms with van der Waals surface area (Å²) in [5, 5.41) is 9.57. The molecule has 1 aromatic carbocycles. The molecule has 0 spiro atoms. The Morgan fingerprint density at radius 2 is 1.83 bits per heavy atom. The summed E-state index contributed by atoms with van der Waals surface area (Å²) >= 11 is 0. The molecule has 1 amide bonds. The molecule has 23 heavy (non-hydrogen) atoms. The average molecular weight is 316 g/mol. The van der Waals surface area contributed by atoms with Crippen molar-refractivity contribution in [3.05, 3.63) is 35.4 Å². The molecule has 0 saturated carbocycles. The highest BCUT2D eigenvalue weighted by molar-refractivity contribution is 5.94. The van der Waals surface area contributed by atoms with E-state index in [2.05, 4.69) is 24.0 Å². The molecule has 0 radical (unpaired) electrons. The van der Waals surface area contributed by atoms with E-state index < -0.39 is 0 Å². The van der Waals surface area contributed by atoms with Crippen LogP contribution in [0.4, 0.5) is 0 Å². The number of aliphatic hydroxyl groups excluding tert-OH is 1. The van der Waals surface area contributed by atoms with Crippen LogP contribution in [0.25, 0.3) is 0 Å². The third kappa shape index (κ3) is 3.93. The van der Waals surface area contributed by atoms with Crippen molar-refractivity contribution < 1.29 is 9.90 Å². The van der Waals surface area contributed by atoms with Gasteiger partial charge in [0.2, 0.25) is 0 Å². The second-order valence-electron chi connectivity index (χ2n) is 7.48. The lowest BCUT2D eigenvalue weighted by atomic mass is 9.82. The fraction of sp³-hybridized carbons (Fsp3) is 0.632. The molecule has 1 atom stereocenters. The summed E-state index contributed by atoms with van der Waals surface area (Å²) < 4.78 is 0. The van der Waals surface area contributed by atoms with Gasteiger partial charge in [0.05, 0.1) is 0 Å². The highest BCUT2D eigenvalue weighted by Crippen LogP contribution is 2.29. The van der Waals surface area contributed by atoms with E-state index in [0.29, 0.717) is 0 Å². The molecule has 1 N–H and O–H groups in total. The minimum absolute atomic E-state index is 0.0317. The summed E-state index contributed by atoms with van der Waals surface area (Å²) in [7, 11) is 0. The maximum atomic E-state index is 12.4. The van der Waals surface area contributed by atoms with Crippen LogP contribution in [-0.4, -0.2) is 53.6 Å². The van der Waals surface area contributed by atoms with Gasteiger partial charge in [0.25, 0.3) is 5.91 Å². The number of likely N-dealkylation sites (tertiary alicyclic amines) is 2. The van der Waals surface area contributed by atoms with Crippen LogP contribution in [0.1, 0.15) is 48.5 Å². The van der Waals surface area contributed by atoms with Crippen LogP contribution >= 0.6 is 0 Å². The third-order valence-corrected chi connectivity index (χ3v) is 5.24. The Kier molecular flexibility index (Phi) is 5.02. The Morgan fingerprint density at radius 1 is 1.13 bits per heavy atom. The van der Waals surface area contributed by atoms with Crippen molar-refractivity contribution in [3.8, 4) is 0 Å². The second kappa shape index (κ2) is 7.02. The van der Waals surface area contributed by atoms with Crippen molar-refractivity contribution in [2.24, 2.45) is 5.41 Å². The fourth-order valence-corrected chi connectivity index (χ4v) is 3.81. The lowest BCUT2D eigenvalue weighted by Crippen LogP contribution is -2.43. The Bertz CT molecular complexity index is 537. The van der Waals surface area contributed by atoms with Gasteiger partial charge in [0, 0.05) is 43.8 Å². The average Bonchev–Trinajstić information content (AvgIpc) is 3.09. The number of hydrogen-bond donors (Lipinski definition) is 1. The molecule has 1 unspecified atom stereocenters. The standard InChI is InChI=1S/C19H28N2O2/c1-19(15-22)9-4-10-20(14-19)13-16-5-7-17(8-6-16)18(23)21-11-2-3-12-21/h5-8,22H,2-4,9-15H2,1H3. The Labute approximate surface area is 139 Å². The monoisotopic (exact) mass is 316 g/mol. The van der Waals surface area contributed by atoms with Crippen molar-refractivity contribution in [1.29, 1.82) is 0 Å². The van der Waals surface area contributed by atoms with Gasteiger partial charge in [0.15, 0.2) is 0 Å². The molecule has 126 valence electrons. The van der Waals surface area contributed by atoms with Crippen molar-refractivity contribution in [1.82, 2.24) is 9.80 Å². The molecule has 0 aromatic heterocycles. The molecule has 2 aliphatic rings. The predicted octanol–water partition coefficient (Wildman–Crippen LogP) is 2.52. The molecule has 0 aliphatic carbocycles. The molecular weight excluding hydrogens is 288 g/mol. The van der Waals surface area contributed by atoms with E-state index in [4.69, 9.17) is 0 Å². The molecule has 4 heteroatoms. The number of nitrogens with zero attached hydrogens (tertiary/aromatic N) is 2. The number of piperidine rings is 1. The second-order valence-corrected chi connectivity index (χ2v) is 7.48. The first kappa shape index (κ1) is 16.5. The normalized spacial score (nSPS) is 25.7. The zero-order valence-electron chi connectivity index (χ0n) is 14.1. The van der Waals surface area contributed by atoms with Gasteiger partial charge >= 0.3 is 0 Å². The summed E-state index contributed by atoms with van der Waals surface area (Å²) in [5.41, 5.74) is 2.07. The number of rotatable bonds is 4. The summed E-state index contributed by atoms with van der Waals surface area (Å²) in [5.74, 6) is 0.167. The van der Waals surface area contributed by atoms with Crippen LogP contribution in [0.5, 0.6) is 0 Å². The van der Waals surface area contributed by atoms with Crippen LogP contribution in [0.3, 0.4) is 0 Å². The first-order valence-corrected chi connectivity index (χ1v) is 8.81. The lowest BCUT2D eigenvalue weighted by Gasteiger charge is -2.39. The molecule has 2 aliphatic heterocycles. The van der Waals surface area contributed by atoms with E-state index >= 15 is 0 Å². The van der Waals surface area contributed by atoms with Gasteiger partial charge in [-0.25, -0.2) is 0 Å². The quantitative estimate of drug-likeness (QED) is 0.928. The number of amides is 1. The zero-order chi connectivity index (χ0) is 16.3. The van der Waals surface area contributed by atoms with E-state index in [1.54, 1.807) is 0 Å². The van der Waals surface area contributed by atoms with Crippen molar-refractivity contribution in [3.63, 3.8) is 0 Å². The molecule has 2 heterocycles. The molecule has 2 saturated heterocycles. The summed E-state index contributed by atoms with van der Waals surface area (Å²) in [6.07, 6.45) is 4.50. The Morgan fingerprint density at radius 3 is 2.48 bits per heavy atom. The van der Waals surface area contributed by atoms with E-state index in [1.807, 2.05) is 17.0 Å². The van der Waals surface area contributed by atoms with Gasteiger partial charge in [-0.05, 0) is 49.9 Å². The summed E-state index contributed by atoms with van der Waals surface area (Å²) in [4.78, 5) is 16.7. The number of carbonyl (C=O) groups excluding carboxylic acids is 1.